The van der Waals surface area contributed by atoms with E-state index in [9.17, 15) is 14.4 Å². The molecule has 1 heterocycles. The third-order valence-corrected chi connectivity index (χ3v) is 4.39. The van der Waals surface area contributed by atoms with Crippen LogP contribution in [0.5, 0.6) is 0 Å². The Balaban J connectivity index is 1.54. The first-order valence-corrected chi connectivity index (χ1v) is 9.58. The SMILES string of the molecule is COC(=O)c1cccc(C(=O)NC(=S)Nc2ccc(C(=O)NCc3ccco3)cc2)c1. The molecule has 0 saturated heterocycles. The molecule has 0 bridgehead atoms. The first-order chi connectivity index (χ1) is 15.0. The highest BCUT2D eigenvalue weighted by molar-refractivity contribution is 7.80. The van der Waals surface area contributed by atoms with Crippen LogP contribution in [0.3, 0.4) is 0 Å². The fourth-order valence-corrected chi connectivity index (χ4v) is 2.84. The lowest BCUT2D eigenvalue weighted by molar-refractivity contribution is 0.0600. The zero-order valence-corrected chi connectivity index (χ0v) is 17.3. The van der Waals surface area contributed by atoms with Crippen LogP contribution in [-0.4, -0.2) is 30.0 Å². The van der Waals surface area contributed by atoms with Crippen molar-refractivity contribution in [1.82, 2.24) is 10.6 Å². The van der Waals surface area contributed by atoms with Gasteiger partial charge in [0.05, 0.1) is 25.5 Å². The molecule has 0 atom stereocenters. The quantitative estimate of drug-likeness (QED) is 0.401. The van der Waals surface area contributed by atoms with Gasteiger partial charge >= 0.3 is 5.97 Å². The molecule has 0 unspecified atom stereocenters. The van der Waals surface area contributed by atoms with Gasteiger partial charge in [-0.3, -0.25) is 14.9 Å². The molecular weight excluding hydrogens is 418 g/mol. The maximum absolute atomic E-state index is 12.4. The Morgan fingerprint density at radius 3 is 2.35 bits per heavy atom. The van der Waals surface area contributed by atoms with E-state index in [1.165, 1.54) is 13.2 Å². The summed E-state index contributed by atoms with van der Waals surface area (Å²) in [6, 6.07) is 16.2. The lowest BCUT2D eigenvalue weighted by Gasteiger charge is -2.11. The van der Waals surface area contributed by atoms with Crippen LogP contribution in [0.15, 0.2) is 71.3 Å². The minimum absolute atomic E-state index is 0.0727. The average molecular weight is 437 g/mol. The summed E-state index contributed by atoms with van der Waals surface area (Å²) in [7, 11) is 1.27. The normalized spacial score (nSPS) is 10.1. The van der Waals surface area contributed by atoms with Gasteiger partial charge < -0.3 is 19.8 Å². The van der Waals surface area contributed by atoms with Gasteiger partial charge in [-0.25, -0.2) is 4.79 Å². The summed E-state index contributed by atoms with van der Waals surface area (Å²) >= 11 is 5.17. The van der Waals surface area contributed by atoms with Crippen molar-refractivity contribution in [3.05, 3.63) is 89.4 Å². The average Bonchev–Trinajstić information content (AvgIpc) is 3.31. The predicted octanol–water partition coefficient (Wildman–Crippen LogP) is 3.12. The van der Waals surface area contributed by atoms with Gasteiger partial charge in [-0.05, 0) is 66.8 Å². The van der Waals surface area contributed by atoms with Gasteiger partial charge in [-0.2, -0.15) is 0 Å². The van der Waals surface area contributed by atoms with Crippen molar-refractivity contribution in [3.8, 4) is 0 Å². The molecule has 158 valence electrons. The molecule has 0 spiro atoms. The molecule has 0 aliphatic heterocycles. The summed E-state index contributed by atoms with van der Waals surface area (Å²) in [6.45, 7) is 0.291. The number of carbonyl (C=O) groups excluding carboxylic acids is 3. The zero-order valence-electron chi connectivity index (χ0n) is 16.5. The molecule has 8 nitrogen and oxygen atoms in total. The molecule has 0 saturated carbocycles. The first kappa shape index (κ1) is 21.7. The third-order valence-electron chi connectivity index (χ3n) is 4.18. The summed E-state index contributed by atoms with van der Waals surface area (Å²) in [6.07, 6.45) is 1.54. The molecule has 31 heavy (non-hydrogen) atoms. The van der Waals surface area contributed by atoms with Gasteiger partial charge in [0.15, 0.2) is 5.11 Å². The van der Waals surface area contributed by atoms with Crippen LogP contribution >= 0.6 is 12.2 Å². The maximum Gasteiger partial charge on any atom is 0.337 e. The van der Waals surface area contributed by atoms with Crippen LogP contribution in [0.4, 0.5) is 5.69 Å². The van der Waals surface area contributed by atoms with Gasteiger partial charge in [0.25, 0.3) is 11.8 Å². The maximum atomic E-state index is 12.4. The lowest BCUT2D eigenvalue weighted by Crippen LogP contribution is -2.34. The van der Waals surface area contributed by atoms with E-state index < -0.39 is 11.9 Å². The lowest BCUT2D eigenvalue weighted by atomic mass is 10.1. The van der Waals surface area contributed by atoms with Crippen LogP contribution in [0.2, 0.25) is 0 Å². The van der Waals surface area contributed by atoms with Gasteiger partial charge in [-0.15, -0.1) is 0 Å². The molecule has 9 heteroatoms. The van der Waals surface area contributed by atoms with Gasteiger partial charge in [0.2, 0.25) is 0 Å². The van der Waals surface area contributed by atoms with Gasteiger partial charge in [0.1, 0.15) is 5.76 Å². The van der Waals surface area contributed by atoms with Crippen molar-refractivity contribution in [2.45, 2.75) is 6.54 Å². The molecule has 2 aromatic carbocycles. The molecule has 3 N–H and O–H groups in total. The molecule has 0 fully saturated rings. The Labute approximate surface area is 183 Å². The largest absolute Gasteiger partial charge is 0.467 e. The van der Waals surface area contributed by atoms with Crippen LogP contribution in [0, 0.1) is 0 Å². The number of methoxy groups -OCH3 is 1. The van der Waals surface area contributed by atoms with E-state index in [0.29, 0.717) is 23.6 Å². The van der Waals surface area contributed by atoms with Crippen molar-refractivity contribution >= 4 is 40.8 Å². The van der Waals surface area contributed by atoms with E-state index in [4.69, 9.17) is 16.6 Å². The first-order valence-electron chi connectivity index (χ1n) is 9.17. The van der Waals surface area contributed by atoms with Crippen molar-refractivity contribution in [2.24, 2.45) is 0 Å². The highest BCUT2D eigenvalue weighted by Crippen LogP contribution is 2.11. The Kier molecular flexibility index (Phi) is 7.13. The molecule has 3 aromatic rings. The van der Waals surface area contributed by atoms with Crippen LogP contribution in [0.25, 0.3) is 0 Å². The fraction of sp³-hybridized carbons (Fsp3) is 0.0909. The van der Waals surface area contributed by atoms with E-state index >= 15 is 0 Å². The number of carbonyl (C=O) groups is 3. The minimum atomic E-state index is -0.538. The third kappa shape index (κ3) is 6.00. The highest BCUT2D eigenvalue weighted by atomic mass is 32.1. The summed E-state index contributed by atoms with van der Waals surface area (Å²) in [5, 5.41) is 8.24. The zero-order chi connectivity index (χ0) is 22.2. The number of hydrogen-bond acceptors (Lipinski definition) is 6. The summed E-state index contributed by atoms with van der Waals surface area (Å²) in [4.78, 5) is 36.2. The Morgan fingerprint density at radius 1 is 0.935 bits per heavy atom. The summed E-state index contributed by atoms with van der Waals surface area (Å²) in [5.41, 5.74) is 1.58. The van der Waals surface area contributed by atoms with Crippen molar-refractivity contribution in [1.29, 1.82) is 0 Å². The number of anilines is 1. The topological polar surface area (TPSA) is 110 Å². The van der Waals surface area contributed by atoms with E-state index in [-0.39, 0.29) is 22.1 Å². The second-order valence-corrected chi connectivity index (χ2v) is 6.73. The van der Waals surface area contributed by atoms with Crippen LogP contribution in [-0.2, 0) is 11.3 Å². The minimum Gasteiger partial charge on any atom is -0.467 e. The summed E-state index contributed by atoms with van der Waals surface area (Å²) < 4.78 is 9.82. The van der Waals surface area contributed by atoms with E-state index in [1.807, 2.05) is 0 Å². The Morgan fingerprint density at radius 2 is 1.68 bits per heavy atom. The highest BCUT2D eigenvalue weighted by Gasteiger charge is 2.12. The van der Waals surface area contributed by atoms with Gasteiger partial charge in [0, 0.05) is 16.8 Å². The smallest absolute Gasteiger partial charge is 0.337 e. The molecule has 0 aliphatic carbocycles. The number of esters is 1. The standard InChI is InChI=1S/C22H19N3O5S/c1-29-21(28)16-5-2-4-15(12-16)20(27)25-22(31)24-17-9-7-14(8-10-17)19(26)23-13-18-6-3-11-30-18/h2-12H,13H2,1H3,(H,23,26)(H2,24,25,27,31). The second-order valence-electron chi connectivity index (χ2n) is 6.32. The van der Waals surface area contributed by atoms with Crippen molar-refractivity contribution < 1.29 is 23.5 Å². The van der Waals surface area contributed by atoms with Crippen LogP contribution < -0.4 is 16.0 Å². The molecule has 0 aliphatic rings. The molecule has 0 radical (unpaired) electrons. The second kappa shape index (κ2) is 10.2. The predicted molar refractivity (Wildman–Crippen MR) is 118 cm³/mol. The molecule has 3 rings (SSSR count). The fourth-order valence-electron chi connectivity index (χ4n) is 2.63. The van der Waals surface area contributed by atoms with Crippen LogP contribution in [0.1, 0.15) is 36.8 Å². The van der Waals surface area contributed by atoms with E-state index in [1.54, 1.807) is 60.9 Å². The van der Waals surface area contributed by atoms with E-state index in [0.717, 1.165) is 0 Å². The number of hydrogen-bond donors (Lipinski definition) is 3. The van der Waals surface area contributed by atoms with Gasteiger partial charge in [-0.1, -0.05) is 6.07 Å². The van der Waals surface area contributed by atoms with E-state index in [2.05, 4.69) is 20.7 Å². The molecule has 1 aromatic heterocycles. The number of benzene rings is 2. The molecular formula is C22H19N3O5S. The number of nitrogens with one attached hydrogen (secondary N) is 3. The number of ether oxygens (including phenoxy) is 1. The van der Waals surface area contributed by atoms with Crippen molar-refractivity contribution in [3.63, 3.8) is 0 Å². The Bertz CT molecular complexity index is 1090. The summed E-state index contributed by atoms with van der Waals surface area (Å²) in [5.74, 6) is -0.602. The number of thiocarbonyl (C=S) groups is 1. The van der Waals surface area contributed by atoms with Crippen molar-refractivity contribution in [2.75, 3.05) is 12.4 Å². The number of furan rings is 1. The number of amides is 2. The molecule has 2 amide bonds. The Hall–Kier alpha value is -3.98. The monoisotopic (exact) mass is 437 g/mol. The number of rotatable bonds is 6.